The van der Waals surface area contributed by atoms with Crippen LogP contribution in [0.25, 0.3) is 0 Å². The Labute approximate surface area is 97.7 Å². The summed E-state index contributed by atoms with van der Waals surface area (Å²) in [5, 5.41) is 0. The number of piperidine rings is 1. The number of rotatable bonds is 3. The van der Waals surface area contributed by atoms with Crippen LogP contribution in [0.5, 0.6) is 0 Å². The number of nitrogens with two attached hydrogens (primary N) is 1. The van der Waals surface area contributed by atoms with Gasteiger partial charge in [0.05, 0.1) is 0 Å². The minimum Gasteiger partial charge on any atom is -0.327 e. The summed E-state index contributed by atoms with van der Waals surface area (Å²) in [4.78, 5) is 6.72. The summed E-state index contributed by atoms with van der Waals surface area (Å²) < 4.78 is 0. The van der Waals surface area contributed by atoms with E-state index in [2.05, 4.69) is 22.9 Å². The van der Waals surface area contributed by atoms with E-state index in [4.69, 9.17) is 5.73 Å². The second-order valence-electron chi connectivity index (χ2n) is 4.77. The summed E-state index contributed by atoms with van der Waals surface area (Å²) >= 11 is 0. The fourth-order valence-corrected chi connectivity index (χ4v) is 2.53. The van der Waals surface area contributed by atoms with E-state index >= 15 is 0 Å². The van der Waals surface area contributed by atoms with Gasteiger partial charge >= 0.3 is 0 Å². The monoisotopic (exact) mass is 219 g/mol. The van der Waals surface area contributed by atoms with Gasteiger partial charge in [-0.05, 0) is 37.9 Å². The van der Waals surface area contributed by atoms with E-state index < -0.39 is 0 Å². The molecule has 0 aliphatic carbocycles. The molecule has 3 heteroatoms. The summed E-state index contributed by atoms with van der Waals surface area (Å²) in [6, 6.07) is 4.97. The summed E-state index contributed by atoms with van der Waals surface area (Å²) in [6.07, 6.45) is 7.67. The van der Waals surface area contributed by atoms with Gasteiger partial charge < -0.3 is 5.73 Å². The largest absolute Gasteiger partial charge is 0.327 e. The van der Waals surface area contributed by atoms with E-state index in [1.807, 2.05) is 18.5 Å². The van der Waals surface area contributed by atoms with Crippen molar-refractivity contribution >= 4 is 0 Å². The molecule has 0 aromatic carbocycles. The van der Waals surface area contributed by atoms with Crippen molar-refractivity contribution in [2.45, 2.75) is 38.3 Å². The van der Waals surface area contributed by atoms with Gasteiger partial charge in [-0.25, -0.2) is 0 Å². The summed E-state index contributed by atoms with van der Waals surface area (Å²) in [6.45, 7) is 4.23. The smallest absolute Gasteiger partial charge is 0.0364 e. The van der Waals surface area contributed by atoms with Gasteiger partial charge in [-0.1, -0.05) is 12.5 Å². The molecule has 1 aliphatic heterocycles. The van der Waals surface area contributed by atoms with E-state index in [9.17, 15) is 0 Å². The maximum Gasteiger partial charge on any atom is 0.0364 e. The van der Waals surface area contributed by atoms with Crippen LogP contribution in [0.1, 0.15) is 37.8 Å². The second kappa shape index (κ2) is 5.41. The van der Waals surface area contributed by atoms with Crippen LogP contribution >= 0.6 is 0 Å². The van der Waals surface area contributed by atoms with Crippen LogP contribution in [0.3, 0.4) is 0 Å². The van der Waals surface area contributed by atoms with Gasteiger partial charge in [-0.15, -0.1) is 0 Å². The molecule has 0 bridgehead atoms. The highest BCUT2D eigenvalue weighted by Gasteiger charge is 2.24. The first-order valence-corrected chi connectivity index (χ1v) is 6.17. The summed E-state index contributed by atoms with van der Waals surface area (Å²) in [5.41, 5.74) is 7.24. The van der Waals surface area contributed by atoms with Gasteiger partial charge in [-0.3, -0.25) is 9.88 Å². The summed E-state index contributed by atoms with van der Waals surface area (Å²) in [5.74, 6) is 0. The Morgan fingerprint density at radius 3 is 3.12 bits per heavy atom. The van der Waals surface area contributed by atoms with Crippen LogP contribution in [-0.4, -0.2) is 29.0 Å². The predicted molar refractivity (Wildman–Crippen MR) is 66.1 cm³/mol. The van der Waals surface area contributed by atoms with Crippen LogP contribution in [0.2, 0.25) is 0 Å². The van der Waals surface area contributed by atoms with E-state index in [0.717, 1.165) is 6.54 Å². The van der Waals surface area contributed by atoms with E-state index in [0.29, 0.717) is 6.04 Å². The average molecular weight is 219 g/mol. The standard InChI is InChI=1S/C13H21N3/c1-11(14)10-16-8-3-2-6-13(16)12-5-4-7-15-9-12/h4-5,7,9,11,13H,2-3,6,8,10,14H2,1H3/t11-,13+/m0/s1. The Morgan fingerprint density at radius 2 is 2.44 bits per heavy atom. The Hall–Kier alpha value is -0.930. The van der Waals surface area contributed by atoms with Crippen molar-refractivity contribution in [2.24, 2.45) is 5.73 Å². The van der Waals surface area contributed by atoms with Crippen molar-refractivity contribution in [2.75, 3.05) is 13.1 Å². The zero-order valence-corrected chi connectivity index (χ0v) is 9.97. The molecule has 2 rings (SSSR count). The van der Waals surface area contributed by atoms with Crippen LogP contribution in [0.4, 0.5) is 0 Å². The van der Waals surface area contributed by atoms with Gasteiger partial charge in [0.2, 0.25) is 0 Å². The highest BCUT2D eigenvalue weighted by molar-refractivity contribution is 5.14. The lowest BCUT2D eigenvalue weighted by Gasteiger charge is -2.36. The quantitative estimate of drug-likeness (QED) is 0.845. The van der Waals surface area contributed by atoms with Gasteiger partial charge in [0, 0.05) is 31.0 Å². The molecule has 1 saturated heterocycles. The lowest BCUT2D eigenvalue weighted by atomic mass is 9.96. The maximum atomic E-state index is 5.91. The molecule has 1 aromatic rings. The molecule has 16 heavy (non-hydrogen) atoms. The van der Waals surface area contributed by atoms with Gasteiger partial charge in [0.25, 0.3) is 0 Å². The molecule has 1 fully saturated rings. The summed E-state index contributed by atoms with van der Waals surface area (Å²) in [7, 11) is 0. The van der Waals surface area contributed by atoms with E-state index in [-0.39, 0.29) is 6.04 Å². The van der Waals surface area contributed by atoms with Gasteiger partial charge in [0.1, 0.15) is 0 Å². The van der Waals surface area contributed by atoms with E-state index in [1.54, 1.807) is 0 Å². The molecule has 0 saturated carbocycles. The molecular formula is C13H21N3. The maximum absolute atomic E-state index is 5.91. The molecule has 2 heterocycles. The Kier molecular flexibility index (Phi) is 3.91. The first kappa shape index (κ1) is 11.6. The fraction of sp³-hybridized carbons (Fsp3) is 0.615. The number of aromatic nitrogens is 1. The SMILES string of the molecule is C[C@H](N)CN1CCCC[C@@H]1c1cccnc1. The minimum absolute atomic E-state index is 0.247. The van der Waals surface area contributed by atoms with Crippen molar-refractivity contribution < 1.29 is 0 Å². The van der Waals surface area contributed by atoms with Crippen LogP contribution in [0, 0.1) is 0 Å². The number of nitrogens with zero attached hydrogens (tertiary/aromatic N) is 2. The van der Waals surface area contributed by atoms with Crippen molar-refractivity contribution in [3.8, 4) is 0 Å². The number of hydrogen-bond acceptors (Lipinski definition) is 3. The molecule has 2 atom stereocenters. The van der Waals surface area contributed by atoms with Crippen LogP contribution in [0.15, 0.2) is 24.5 Å². The highest BCUT2D eigenvalue weighted by Crippen LogP contribution is 2.30. The van der Waals surface area contributed by atoms with Crippen molar-refractivity contribution in [3.63, 3.8) is 0 Å². The first-order chi connectivity index (χ1) is 7.77. The minimum atomic E-state index is 0.247. The molecule has 0 spiro atoms. The Bertz CT molecular complexity index is 310. The van der Waals surface area contributed by atoms with Crippen molar-refractivity contribution in [1.82, 2.24) is 9.88 Å². The zero-order valence-electron chi connectivity index (χ0n) is 9.97. The third kappa shape index (κ3) is 2.80. The molecule has 1 aromatic heterocycles. The van der Waals surface area contributed by atoms with Gasteiger partial charge in [-0.2, -0.15) is 0 Å². The Balaban J connectivity index is 2.10. The lowest BCUT2D eigenvalue weighted by molar-refractivity contribution is 0.142. The average Bonchev–Trinajstić information content (AvgIpc) is 2.30. The molecule has 3 nitrogen and oxygen atoms in total. The molecule has 0 amide bonds. The van der Waals surface area contributed by atoms with E-state index in [1.165, 1.54) is 31.4 Å². The number of pyridine rings is 1. The molecule has 88 valence electrons. The second-order valence-corrected chi connectivity index (χ2v) is 4.77. The predicted octanol–water partition coefficient (Wildman–Crippen LogP) is 1.96. The molecule has 1 aliphatic rings. The third-order valence-electron chi connectivity index (χ3n) is 3.21. The molecule has 0 radical (unpaired) electrons. The topological polar surface area (TPSA) is 42.1 Å². The fourth-order valence-electron chi connectivity index (χ4n) is 2.53. The lowest BCUT2D eigenvalue weighted by Crippen LogP contribution is -2.40. The highest BCUT2D eigenvalue weighted by atomic mass is 15.2. The third-order valence-corrected chi connectivity index (χ3v) is 3.21. The molecule has 2 N–H and O–H groups in total. The zero-order chi connectivity index (χ0) is 11.4. The van der Waals surface area contributed by atoms with Crippen molar-refractivity contribution in [1.29, 1.82) is 0 Å². The van der Waals surface area contributed by atoms with Gasteiger partial charge in [0.15, 0.2) is 0 Å². The molecule has 0 unspecified atom stereocenters. The first-order valence-electron chi connectivity index (χ1n) is 6.17. The van der Waals surface area contributed by atoms with Crippen LogP contribution in [-0.2, 0) is 0 Å². The number of hydrogen-bond donors (Lipinski definition) is 1. The normalized spacial score (nSPS) is 24.2. The van der Waals surface area contributed by atoms with Crippen molar-refractivity contribution in [3.05, 3.63) is 30.1 Å². The Morgan fingerprint density at radius 1 is 1.56 bits per heavy atom. The van der Waals surface area contributed by atoms with Crippen LogP contribution < -0.4 is 5.73 Å². The molecular weight excluding hydrogens is 198 g/mol. The number of likely N-dealkylation sites (tertiary alicyclic amines) is 1.